The number of nitrogens with zero attached hydrogens (tertiary/aromatic N) is 2. The van der Waals surface area contributed by atoms with E-state index in [0.29, 0.717) is 12.5 Å². The van der Waals surface area contributed by atoms with E-state index in [0.717, 1.165) is 31.7 Å². The molecule has 0 amide bonds. The van der Waals surface area contributed by atoms with Gasteiger partial charge in [-0.25, -0.2) is 8.42 Å². The van der Waals surface area contributed by atoms with Crippen molar-refractivity contribution in [1.29, 1.82) is 0 Å². The number of rotatable bonds is 6. The number of nitro benzene ring substituents is 1. The zero-order valence-electron chi connectivity index (χ0n) is 11.4. The molecule has 21 heavy (non-hydrogen) atoms. The molecule has 2 N–H and O–H groups in total. The number of nitro groups is 1. The zero-order valence-corrected chi connectivity index (χ0v) is 12.3. The molecule has 1 aromatic rings. The van der Waals surface area contributed by atoms with E-state index >= 15 is 0 Å². The molecule has 1 aromatic carbocycles. The minimum atomic E-state index is -3.85. The summed E-state index contributed by atoms with van der Waals surface area (Å²) in [5.41, 5.74) is 5.27. The summed E-state index contributed by atoms with van der Waals surface area (Å²) in [7, 11) is -3.85. The van der Waals surface area contributed by atoms with Gasteiger partial charge in [0.25, 0.3) is 5.69 Å². The van der Waals surface area contributed by atoms with E-state index in [4.69, 9.17) is 5.73 Å². The van der Waals surface area contributed by atoms with Crippen LogP contribution in [0.2, 0.25) is 0 Å². The molecule has 3 rings (SSSR count). The second kappa shape index (κ2) is 4.96. The average molecular weight is 311 g/mol. The Balaban J connectivity index is 2.01. The van der Waals surface area contributed by atoms with Crippen molar-refractivity contribution in [3.05, 3.63) is 28.3 Å². The average Bonchev–Trinajstić information content (AvgIpc) is 3.27. The summed E-state index contributed by atoms with van der Waals surface area (Å²) in [6.07, 6.45) is 3.72. The Morgan fingerprint density at radius 2 is 1.95 bits per heavy atom. The maximum absolute atomic E-state index is 12.8. The lowest BCUT2D eigenvalue weighted by molar-refractivity contribution is -0.387. The van der Waals surface area contributed by atoms with Crippen LogP contribution in [0.4, 0.5) is 11.4 Å². The molecule has 7 nitrogen and oxygen atoms in total. The van der Waals surface area contributed by atoms with Gasteiger partial charge < -0.3 is 5.73 Å². The molecule has 8 heteroatoms. The van der Waals surface area contributed by atoms with E-state index in [1.165, 1.54) is 16.4 Å². The summed E-state index contributed by atoms with van der Waals surface area (Å²) >= 11 is 0. The van der Waals surface area contributed by atoms with Crippen LogP contribution in [-0.4, -0.2) is 30.2 Å². The molecule has 2 aliphatic rings. The SMILES string of the molecule is Nc1ccc(S(=O)(=O)N(CC2CC2)C2CC2)c([N+](=O)[O-])c1. The van der Waals surface area contributed by atoms with Gasteiger partial charge in [0.1, 0.15) is 0 Å². The molecule has 0 saturated heterocycles. The van der Waals surface area contributed by atoms with Gasteiger partial charge in [0.05, 0.1) is 4.92 Å². The van der Waals surface area contributed by atoms with E-state index in [2.05, 4.69) is 0 Å². The highest BCUT2D eigenvalue weighted by Gasteiger charge is 2.43. The third-order valence-electron chi connectivity index (χ3n) is 3.86. The van der Waals surface area contributed by atoms with Crippen molar-refractivity contribution in [2.24, 2.45) is 5.92 Å². The van der Waals surface area contributed by atoms with Crippen molar-refractivity contribution in [1.82, 2.24) is 4.31 Å². The monoisotopic (exact) mass is 311 g/mol. The Bertz CT molecular complexity index is 681. The number of anilines is 1. The summed E-state index contributed by atoms with van der Waals surface area (Å²) in [6, 6.07) is 3.73. The van der Waals surface area contributed by atoms with Crippen LogP contribution in [0.1, 0.15) is 25.7 Å². The Morgan fingerprint density at radius 1 is 1.29 bits per heavy atom. The van der Waals surface area contributed by atoms with Crippen molar-refractivity contribution < 1.29 is 13.3 Å². The molecular formula is C13H17N3O4S. The first-order chi connectivity index (χ1) is 9.89. The van der Waals surface area contributed by atoms with Crippen LogP contribution < -0.4 is 5.73 Å². The van der Waals surface area contributed by atoms with Crippen LogP contribution >= 0.6 is 0 Å². The van der Waals surface area contributed by atoms with Crippen molar-refractivity contribution in [3.8, 4) is 0 Å². The second-order valence-electron chi connectivity index (χ2n) is 5.73. The van der Waals surface area contributed by atoms with Crippen molar-refractivity contribution >= 4 is 21.4 Å². The summed E-state index contributed by atoms with van der Waals surface area (Å²) in [5, 5.41) is 11.1. The minimum absolute atomic E-state index is 0.00671. The summed E-state index contributed by atoms with van der Waals surface area (Å²) < 4.78 is 27.0. The van der Waals surface area contributed by atoms with Gasteiger partial charge in [-0.15, -0.1) is 0 Å². The predicted octanol–water partition coefficient (Wildman–Crippen LogP) is 1.74. The second-order valence-corrected chi connectivity index (χ2v) is 7.59. The Hall–Kier alpha value is -1.67. The molecule has 0 radical (unpaired) electrons. The smallest absolute Gasteiger partial charge is 0.291 e. The van der Waals surface area contributed by atoms with Gasteiger partial charge in [0.15, 0.2) is 4.90 Å². The van der Waals surface area contributed by atoms with Crippen LogP contribution in [0, 0.1) is 16.0 Å². The molecule has 0 bridgehead atoms. The molecule has 0 aromatic heterocycles. The van der Waals surface area contributed by atoms with Crippen LogP contribution in [0.15, 0.2) is 23.1 Å². The Morgan fingerprint density at radius 3 is 2.48 bits per heavy atom. The van der Waals surface area contributed by atoms with Crippen molar-refractivity contribution in [2.75, 3.05) is 12.3 Å². The molecule has 0 atom stereocenters. The first kappa shape index (κ1) is 14.3. The molecule has 0 spiro atoms. The summed E-state index contributed by atoms with van der Waals surface area (Å²) in [4.78, 5) is 10.2. The highest BCUT2D eigenvalue weighted by Crippen LogP contribution is 2.39. The molecule has 2 fully saturated rings. The molecular weight excluding hydrogens is 294 g/mol. The van der Waals surface area contributed by atoms with Crippen molar-refractivity contribution in [2.45, 2.75) is 36.6 Å². The standard InChI is InChI=1S/C13H17N3O4S/c14-10-3-6-13(12(7-10)16(17)18)21(19,20)15(11-4-5-11)8-9-1-2-9/h3,6-7,9,11H,1-2,4-5,8,14H2. The van der Waals surface area contributed by atoms with Crippen LogP contribution in [0.3, 0.4) is 0 Å². The van der Waals surface area contributed by atoms with Crippen LogP contribution in [0.5, 0.6) is 0 Å². The fraction of sp³-hybridized carbons (Fsp3) is 0.538. The van der Waals surface area contributed by atoms with E-state index < -0.39 is 20.6 Å². The normalized spacial score (nSPS) is 18.9. The topological polar surface area (TPSA) is 107 Å². The van der Waals surface area contributed by atoms with E-state index in [9.17, 15) is 18.5 Å². The fourth-order valence-electron chi connectivity index (χ4n) is 2.38. The minimum Gasteiger partial charge on any atom is -0.399 e. The van der Waals surface area contributed by atoms with E-state index in [1.54, 1.807) is 0 Å². The third kappa shape index (κ3) is 2.86. The lowest BCUT2D eigenvalue weighted by Crippen LogP contribution is -2.35. The number of benzene rings is 1. The lowest BCUT2D eigenvalue weighted by atomic mass is 10.3. The molecule has 2 saturated carbocycles. The quantitative estimate of drug-likeness (QED) is 0.489. The first-order valence-electron chi connectivity index (χ1n) is 6.95. The molecule has 2 aliphatic carbocycles. The number of nitrogen functional groups attached to an aromatic ring is 1. The number of hydrogen-bond acceptors (Lipinski definition) is 5. The van der Waals surface area contributed by atoms with Gasteiger partial charge >= 0.3 is 0 Å². The zero-order chi connectivity index (χ0) is 15.2. The number of nitrogens with two attached hydrogens (primary N) is 1. The predicted molar refractivity (Wildman–Crippen MR) is 77.1 cm³/mol. The lowest BCUT2D eigenvalue weighted by Gasteiger charge is -2.21. The Kier molecular flexibility index (Phi) is 3.37. The Labute approximate surface area is 122 Å². The van der Waals surface area contributed by atoms with Crippen LogP contribution in [0.25, 0.3) is 0 Å². The largest absolute Gasteiger partial charge is 0.399 e. The van der Waals surface area contributed by atoms with Gasteiger partial charge in [0, 0.05) is 24.3 Å². The van der Waals surface area contributed by atoms with Crippen molar-refractivity contribution in [3.63, 3.8) is 0 Å². The van der Waals surface area contributed by atoms with Crippen LogP contribution in [-0.2, 0) is 10.0 Å². The number of sulfonamides is 1. The number of hydrogen-bond donors (Lipinski definition) is 1. The summed E-state index contributed by atoms with van der Waals surface area (Å²) in [5.74, 6) is 0.396. The molecule has 0 aliphatic heterocycles. The first-order valence-corrected chi connectivity index (χ1v) is 8.39. The van der Waals surface area contributed by atoms with Gasteiger partial charge in [-0.05, 0) is 43.7 Å². The van der Waals surface area contributed by atoms with E-state index in [1.807, 2.05) is 0 Å². The molecule has 0 unspecified atom stereocenters. The highest BCUT2D eigenvalue weighted by molar-refractivity contribution is 7.89. The van der Waals surface area contributed by atoms with Gasteiger partial charge in [-0.1, -0.05) is 0 Å². The maximum Gasteiger partial charge on any atom is 0.291 e. The summed E-state index contributed by atoms with van der Waals surface area (Å²) in [6.45, 7) is 0.467. The molecule has 0 heterocycles. The maximum atomic E-state index is 12.8. The van der Waals surface area contributed by atoms with E-state index in [-0.39, 0.29) is 16.6 Å². The van der Waals surface area contributed by atoms with Gasteiger partial charge in [-0.2, -0.15) is 4.31 Å². The highest BCUT2D eigenvalue weighted by atomic mass is 32.2. The molecule has 114 valence electrons. The van der Waals surface area contributed by atoms with Gasteiger partial charge in [-0.3, -0.25) is 10.1 Å². The van der Waals surface area contributed by atoms with Gasteiger partial charge in [0.2, 0.25) is 10.0 Å². The third-order valence-corrected chi connectivity index (χ3v) is 5.82. The fourth-order valence-corrected chi connectivity index (χ4v) is 4.28.